The van der Waals surface area contributed by atoms with Gasteiger partial charge in [-0.2, -0.15) is 13.2 Å². The lowest BCUT2D eigenvalue weighted by Crippen LogP contribution is -2.48. The lowest BCUT2D eigenvalue weighted by Gasteiger charge is -2.29. The summed E-state index contributed by atoms with van der Waals surface area (Å²) in [6, 6.07) is 3.45. The fourth-order valence-corrected chi connectivity index (χ4v) is 2.23. The standard InChI is InChI=1S/C16H15F6NO2/c1-15(2,3)13(24)7-4-5-8-9(6-7)25-11(10(17)14(18)19)12(23-8)16(20,21)22/h4-6,10-11,14H,1-3H3. The van der Waals surface area contributed by atoms with Crippen molar-refractivity contribution in [3.8, 4) is 5.75 Å². The minimum Gasteiger partial charge on any atom is -0.478 e. The first kappa shape index (κ1) is 19.3. The molecule has 0 bridgehead atoms. The molecule has 0 spiro atoms. The number of hydrogen-bond acceptors (Lipinski definition) is 3. The van der Waals surface area contributed by atoms with Crippen LogP contribution in [0.5, 0.6) is 5.75 Å². The van der Waals surface area contributed by atoms with Crippen molar-refractivity contribution in [2.24, 2.45) is 10.4 Å². The molecular weight excluding hydrogens is 352 g/mol. The third-order valence-corrected chi connectivity index (χ3v) is 3.49. The normalized spacial score (nSPS) is 19.1. The van der Waals surface area contributed by atoms with Crippen LogP contribution >= 0.6 is 0 Å². The van der Waals surface area contributed by atoms with Gasteiger partial charge in [-0.05, 0) is 18.2 Å². The number of hydrogen-bond donors (Lipinski definition) is 0. The fourth-order valence-electron chi connectivity index (χ4n) is 2.23. The largest absolute Gasteiger partial charge is 0.478 e. The number of ketones is 1. The monoisotopic (exact) mass is 367 g/mol. The van der Waals surface area contributed by atoms with E-state index in [0.29, 0.717) is 0 Å². The molecule has 0 radical (unpaired) electrons. The minimum atomic E-state index is -5.14. The van der Waals surface area contributed by atoms with Gasteiger partial charge < -0.3 is 4.74 Å². The van der Waals surface area contributed by atoms with Gasteiger partial charge in [-0.15, -0.1) is 0 Å². The van der Waals surface area contributed by atoms with Gasteiger partial charge in [-0.3, -0.25) is 4.79 Å². The Morgan fingerprint density at radius 3 is 2.24 bits per heavy atom. The van der Waals surface area contributed by atoms with Crippen molar-refractivity contribution in [3.05, 3.63) is 23.8 Å². The molecule has 1 aromatic rings. The first-order valence-electron chi connectivity index (χ1n) is 7.26. The molecule has 0 amide bonds. The second-order valence-electron chi connectivity index (χ2n) is 6.57. The van der Waals surface area contributed by atoms with Crippen LogP contribution in [0.2, 0.25) is 0 Å². The Morgan fingerprint density at radius 1 is 1.16 bits per heavy atom. The van der Waals surface area contributed by atoms with E-state index in [1.807, 2.05) is 0 Å². The molecule has 0 aromatic heterocycles. The van der Waals surface area contributed by atoms with Crippen LogP contribution in [0.1, 0.15) is 31.1 Å². The summed E-state index contributed by atoms with van der Waals surface area (Å²) in [5.74, 6) is -0.692. The number of Topliss-reactive ketones (excluding diaryl/α,β-unsaturated/α-hetero) is 1. The maximum absolute atomic E-state index is 13.6. The molecule has 1 heterocycles. The number of nitrogens with zero attached hydrogens (tertiary/aromatic N) is 1. The van der Waals surface area contributed by atoms with Gasteiger partial charge in [-0.1, -0.05) is 20.8 Å². The average Bonchev–Trinajstić information content (AvgIpc) is 2.49. The van der Waals surface area contributed by atoms with Crippen molar-refractivity contribution in [2.75, 3.05) is 0 Å². The highest BCUT2D eigenvalue weighted by atomic mass is 19.4. The van der Waals surface area contributed by atoms with Crippen LogP contribution in [-0.4, -0.2) is 36.4 Å². The maximum Gasteiger partial charge on any atom is 0.433 e. The van der Waals surface area contributed by atoms with Gasteiger partial charge in [0.25, 0.3) is 6.43 Å². The second-order valence-corrected chi connectivity index (χ2v) is 6.57. The Kier molecular flexibility index (Phi) is 4.89. The lowest BCUT2D eigenvalue weighted by atomic mass is 9.86. The summed E-state index contributed by atoms with van der Waals surface area (Å²) in [4.78, 5) is 15.5. The van der Waals surface area contributed by atoms with Crippen LogP contribution in [0.4, 0.5) is 32.0 Å². The molecule has 1 aliphatic heterocycles. The minimum absolute atomic E-state index is 0.100. The summed E-state index contributed by atoms with van der Waals surface area (Å²) in [5.41, 5.74) is -2.77. The number of alkyl halides is 6. The Balaban J connectivity index is 2.51. The van der Waals surface area contributed by atoms with Gasteiger partial charge in [0, 0.05) is 11.0 Å². The number of aliphatic imine (C=N–C) groups is 1. The van der Waals surface area contributed by atoms with E-state index in [9.17, 15) is 31.1 Å². The van der Waals surface area contributed by atoms with Gasteiger partial charge >= 0.3 is 6.18 Å². The van der Waals surface area contributed by atoms with E-state index in [4.69, 9.17) is 4.74 Å². The molecule has 138 valence electrons. The predicted molar refractivity (Wildman–Crippen MR) is 78.7 cm³/mol. The molecular formula is C16H15F6NO2. The summed E-state index contributed by atoms with van der Waals surface area (Å²) >= 11 is 0. The lowest BCUT2D eigenvalue weighted by molar-refractivity contribution is -0.0748. The third kappa shape index (κ3) is 3.96. The van der Waals surface area contributed by atoms with E-state index in [1.165, 1.54) is 6.07 Å². The zero-order chi connectivity index (χ0) is 19.2. The summed E-state index contributed by atoms with van der Waals surface area (Å²) in [5, 5.41) is 0. The Labute approximate surface area is 139 Å². The molecule has 0 N–H and O–H groups in total. The van der Waals surface area contributed by atoms with Crippen LogP contribution in [0.25, 0.3) is 0 Å². The maximum atomic E-state index is 13.6. The van der Waals surface area contributed by atoms with Crippen LogP contribution in [0.15, 0.2) is 23.2 Å². The van der Waals surface area contributed by atoms with Gasteiger partial charge in [0.05, 0.1) is 0 Å². The predicted octanol–water partition coefficient (Wildman–Crippen LogP) is 4.91. The molecule has 2 rings (SSSR count). The van der Waals surface area contributed by atoms with E-state index in [1.54, 1.807) is 20.8 Å². The highest BCUT2D eigenvalue weighted by molar-refractivity contribution is 6.02. The first-order chi connectivity index (χ1) is 11.3. The van der Waals surface area contributed by atoms with Crippen molar-refractivity contribution in [1.82, 2.24) is 0 Å². The molecule has 0 saturated carbocycles. The zero-order valence-electron chi connectivity index (χ0n) is 13.5. The van der Waals surface area contributed by atoms with Gasteiger partial charge in [0.15, 0.2) is 17.6 Å². The molecule has 1 aliphatic rings. The van der Waals surface area contributed by atoms with E-state index in [0.717, 1.165) is 12.1 Å². The van der Waals surface area contributed by atoms with Crippen molar-refractivity contribution >= 4 is 17.2 Å². The van der Waals surface area contributed by atoms with Crippen LogP contribution in [0, 0.1) is 5.41 Å². The fraction of sp³-hybridized carbons (Fsp3) is 0.500. The Hall–Kier alpha value is -2.06. The summed E-state index contributed by atoms with van der Waals surface area (Å²) in [7, 11) is 0. The average molecular weight is 367 g/mol. The van der Waals surface area contributed by atoms with Crippen molar-refractivity contribution in [3.63, 3.8) is 0 Å². The van der Waals surface area contributed by atoms with Crippen LogP contribution in [-0.2, 0) is 0 Å². The SMILES string of the molecule is CC(C)(C)C(=O)c1ccc2c(c1)OC(C(F)C(F)F)C(C(F)(F)F)=N2. The van der Waals surface area contributed by atoms with E-state index in [-0.39, 0.29) is 22.8 Å². The number of carbonyl (C=O) groups excluding carboxylic acids is 1. The summed E-state index contributed by atoms with van der Waals surface area (Å²) in [6.45, 7) is 4.90. The Bertz CT molecular complexity index is 706. The topological polar surface area (TPSA) is 38.7 Å². The van der Waals surface area contributed by atoms with Gasteiger partial charge in [-0.25, -0.2) is 18.2 Å². The smallest absolute Gasteiger partial charge is 0.433 e. The number of ether oxygens (including phenoxy) is 1. The Morgan fingerprint density at radius 2 is 1.76 bits per heavy atom. The molecule has 2 unspecified atom stereocenters. The van der Waals surface area contributed by atoms with Crippen molar-refractivity contribution in [2.45, 2.75) is 45.6 Å². The third-order valence-electron chi connectivity index (χ3n) is 3.49. The highest BCUT2D eigenvalue weighted by Gasteiger charge is 2.50. The van der Waals surface area contributed by atoms with Gasteiger partial charge in [0.2, 0.25) is 6.17 Å². The van der Waals surface area contributed by atoms with E-state index < -0.39 is 36.0 Å². The molecule has 1 aromatic carbocycles. The van der Waals surface area contributed by atoms with Crippen LogP contribution in [0.3, 0.4) is 0 Å². The highest BCUT2D eigenvalue weighted by Crippen LogP contribution is 2.39. The van der Waals surface area contributed by atoms with Gasteiger partial charge in [0.1, 0.15) is 11.4 Å². The quantitative estimate of drug-likeness (QED) is 0.562. The molecule has 25 heavy (non-hydrogen) atoms. The summed E-state index contributed by atoms with van der Waals surface area (Å²) in [6.07, 6.45) is -14.6. The van der Waals surface area contributed by atoms with Crippen molar-refractivity contribution in [1.29, 1.82) is 0 Å². The number of fused-ring (bicyclic) bond motifs is 1. The molecule has 9 heteroatoms. The first-order valence-corrected chi connectivity index (χ1v) is 7.26. The van der Waals surface area contributed by atoms with Crippen LogP contribution < -0.4 is 4.74 Å². The number of rotatable bonds is 3. The van der Waals surface area contributed by atoms with Crippen molar-refractivity contribution < 1.29 is 35.9 Å². The summed E-state index contributed by atoms with van der Waals surface area (Å²) < 4.78 is 82.6. The van der Waals surface area contributed by atoms with E-state index >= 15 is 0 Å². The number of benzene rings is 1. The van der Waals surface area contributed by atoms with E-state index in [2.05, 4.69) is 4.99 Å². The second kappa shape index (κ2) is 6.34. The number of halogens is 6. The zero-order valence-corrected chi connectivity index (χ0v) is 13.5. The molecule has 0 fully saturated rings. The molecule has 2 atom stereocenters. The number of carbonyl (C=O) groups is 1. The molecule has 3 nitrogen and oxygen atoms in total. The molecule has 0 saturated heterocycles. The molecule has 0 aliphatic carbocycles.